The molecule has 0 radical (unpaired) electrons. The average Bonchev–Trinajstić information content (AvgIpc) is 2.90. The van der Waals surface area contributed by atoms with Gasteiger partial charge in [0.05, 0.1) is 16.4 Å². The molecule has 0 aliphatic carbocycles. The number of hydrogen-bond acceptors (Lipinski definition) is 1. The number of pyridine rings is 1. The first kappa shape index (κ1) is 30.4. The summed E-state index contributed by atoms with van der Waals surface area (Å²) in [6.45, 7) is 16.0. The lowest BCUT2D eigenvalue weighted by Gasteiger charge is -2.29. The molecule has 6 rings (SSSR count). The molecule has 5 heteroatoms. The summed E-state index contributed by atoms with van der Waals surface area (Å²) < 4.78 is 51.2. The van der Waals surface area contributed by atoms with Gasteiger partial charge in [0.25, 0.3) is 0 Å². The zero-order valence-corrected chi connectivity index (χ0v) is 27.4. The molecule has 4 aromatic carbocycles. The number of aromatic nitrogens is 1. The molecule has 2 nitrogen and oxygen atoms in total. The van der Waals surface area contributed by atoms with Crippen molar-refractivity contribution in [1.82, 2.24) is 0 Å². The summed E-state index contributed by atoms with van der Waals surface area (Å²) in [4.78, 5) is 0. The van der Waals surface area contributed by atoms with Gasteiger partial charge in [-0.25, -0.2) is 4.57 Å². The highest BCUT2D eigenvalue weighted by atomic mass is 19.4. The van der Waals surface area contributed by atoms with Crippen LogP contribution in [-0.4, -0.2) is 6.18 Å². The van der Waals surface area contributed by atoms with E-state index in [9.17, 15) is 13.2 Å². The van der Waals surface area contributed by atoms with Crippen molar-refractivity contribution in [3.05, 3.63) is 77.0 Å². The topological polar surface area (TPSA) is 13.1 Å². The number of aryl methyl sites for hydroxylation is 2. The van der Waals surface area contributed by atoms with Crippen molar-refractivity contribution < 1.29 is 22.5 Å². The van der Waals surface area contributed by atoms with Gasteiger partial charge in [0.2, 0.25) is 5.69 Å². The predicted molar refractivity (Wildman–Crippen MR) is 176 cm³/mol. The van der Waals surface area contributed by atoms with Crippen LogP contribution in [0.4, 0.5) is 13.2 Å². The maximum Gasteiger partial charge on any atom is 0.394 e. The number of hydrogen-bond donors (Lipinski definition) is 0. The fraction of sp³-hybridized carbons (Fsp3) is 0.410. The number of alkyl halides is 3. The smallest absolute Gasteiger partial charge is 0.394 e. The van der Waals surface area contributed by atoms with E-state index in [1.165, 1.54) is 41.3 Å². The third-order valence-corrected chi connectivity index (χ3v) is 9.19. The summed E-state index contributed by atoms with van der Waals surface area (Å²) in [5.41, 5.74) is 4.82. The van der Waals surface area contributed by atoms with Crippen LogP contribution in [0.15, 0.2) is 54.7 Å². The van der Waals surface area contributed by atoms with Crippen LogP contribution in [0.3, 0.4) is 0 Å². The molecule has 0 amide bonds. The van der Waals surface area contributed by atoms with Gasteiger partial charge in [-0.3, -0.25) is 0 Å². The Morgan fingerprint density at radius 1 is 0.841 bits per heavy atom. The highest BCUT2D eigenvalue weighted by Gasteiger charge is 2.47. The number of ether oxygens (including phenoxy) is 1. The summed E-state index contributed by atoms with van der Waals surface area (Å²) in [5, 5.41) is 6.10. The number of fused-ring (bicyclic) bond motifs is 5. The zero-order chi connectivity index (χ0) is 31.9. The Labute approximate surface area is 258 Å². The number of halogens is 3. The molecular weight excluding hydrogens is 555 g/mol. The van der Waals surface area contributed by atoms with Gasteiger partial charge in [-0.1, -0.05) is 84.9 Å². The minimum atomic E-state index is -4.31. The van der Waals surface area contributed by atoms with Crippen LogP contribution >= 0.6 is 0 Å². The predicted octanol–water partition coefficient (Wildman–Crippen LogP) is 11.0. The lowest BCUT2D eigenvalue weighted by atomic mass is 9.81. The standard InChI is InChI=1S/C39H43F3NO/c1-22(2)17-30-27-14-13-24(20-37(4,5)6)18-29(27)23(3)32-35-34-28(15-16-43(35)9)33-25(19-31(34)44-36(30)32)11-10-12-26(33)21-38(7,8)39(40,41)42/h10-16,18-19,22H,17,20-21H2,1-9H3/q+1. The third-order valence-electron chi connectivity index (χ3n) is 9.19. The van der Waals surface area contributed by atoms with Gasteiger partial charge in [0, 0.05) is 17.0 Å². The molecule has 1 aromatic heterocycles. The summed E-state index contributed by atoms with van der Waals surface area (Å²) in [6.07, 6.45) is -0.521. The minimum Gasteiger partial charge on any atom is -0.455 e. The van der Waals surface area contributed by atoms with E-state index in [0.29, 0.717) is 11.5 Å². The molecule has 5 aromatic rings. The van der Waals surface area contributed by atoms with Gasteiger partial charge in [-0.05, 0) is 81.8 Å². The molecule has 0 bridgehead atoms. The van der Waals surface area contributed by atoms with Crippen molar-refractivity contribution in [3.63, 3.8) is 0 Å². The number of nitrogens with zero attached hydrogens (tertiary/aromatic N) is 1. The second kappa shape index (κ2) is 10.2. The largest absolute Gasteiger partial charge is 0.455 e. The highest BCUT2D eigenvalue weighted by molar-refractivity contribution is 6.17. The van der Waals surface area contributed by atoms with Crippen molar-refractivity contribution in [3.8, 4) is 22.8 Å². The first-order valence-electron chi connectivity index (χ1n) is 15.7. The quantitative estimate of drug-likeness (QED) is 0.142. The fourth-order valence-corrected chi connectivity index (χ4v) is 7.08. The van der Waals surface area contributed by atoms with Gasteiger partial charge >= 0.3 is 6.18 Å². The van der Waals surface area contributed by atoms with E-state index in [0.717, 1.165) is 57.1 Å². The second-order valence-corrected chi connectivity index (χ2v) is 15.1. The molecule has 0 saturated heterocycles. The molecule has 1 aliphatic heterocycles. The number of benzene rings is 4. The van der Waals surface area contributed by atoms with Crippen LogP contribution in [0.25, 0.3) is 43.6 Å². The van der Waals surface area contributed by atoms with Crippen molar-refractivity contribution >= 4 is 32.3 Å². The van der Waals surface area contributed by atoms with E-state index in [1.807, 2.05) is 36.5 Å². The van der Waals surface area contributed by atoms with Crippen LogP contribution in [0.5, 0.6) is 11.5 Å². The highest BCUT2D eigenvalue weighted by Crippen LogP contribution is 2.53. The average molecular weight is 599 g/mol. The molecule has 0 saturated carbocycles. The van der Waals surface area contributed by atoms with Crippen LogP contribution in [0.2, 0.25) is 0 Å². The molecule has 0 fully saturated rings. The Hall–Kier alpha value is -3.60. The summed E-state index contributed by atoms with van der Waals surface area (Å²) in [7, 11) is 2.05. The molecule has 0 unspecified atom stereocenters. The molecule has 230 valence electrons. The van der Waals surface area contributed by atoms with E-state index in [2.05, 4.69) is 71.4 Å². The lowest BCUT2D eigenvalue weighted by molar-refractivity contribution is -0.659. The molecule has 0 N–H and O–H groups in total. The molecule has 1 aliphatic rings. The van der Waals surface area contributed by atoms with Gasteiger partial charge in [0.15, 0.2) is 6.20 Å². The van der Waals surface area contributed by atoms with Crippen LogP contribution in [0.1, 0.15) is 70.7 Å². The van der Waals surface area contributed by atoms with Crippen LogP contribution in [0, 0.1) is 23.7 Å². The van der Waals surface area contributed by atoms with Crippen molar-refractivity contribution in [2.45, 2.75) is 80.8 Å². The van der Waals surface area contributed by atoms with E-state index >= 15 is 0 Å². The Kier molecular flexibility index (Phi) is 7.07. The van der Waals surface area contributed by atoms with Gasteiger partial charge in [-0.2, -0.15) is 13.2 Å². The summed E-state index contributed by atoms with van der Waals surface area (Å²) in [6, 6.07) is 16.6. The van der Waals surface area contributed by atoms with Gasteiger partial charge in [0.1, 0.15) is 18.5 Å². The first-order chi connectivity index (χ1) is 20.5. The zero-order valence-electron chi connectivity index (χ0n) is 27.4. The first-order valence-corrected chi connectivity index (χ1v) is 15.7. The van der Waals surface area contributed by atoms with Crippen LogP contribution < -0.4 is 9.30 Å². The van der Waals surface area contributed by atoms with Crippen LogP contribution in [-0.2, 0) is 26.3 Å². The van der Waals surface area contributed by atoms with Crippen molar-refractivity contribution in [2.75, 3.05) is 0 Å². The normalized spacial score (nSPS) is 13.7. The van der Waals surface area contributed by atoms with Crippen molar-refractivity contribution in [1.29, 1.82) is 0 Å². The van der Waals surface area contributed by atoms with Gasteiger partial charge < -0.3 is 4.74 Å². The Morgan fingerprint density at radius 2 is 1.57 bits per heavy atom. The summed E-state index contributed by atoms with van der Waals surface area (Å²) in [5.74, 6) is 2.08. The Morgan fingerprint density at radius 3 is 2.23 bits per heavy atom. The molecular formula is C39H43F3NO+. The summed E-state index contributed by atoms with van der Waals surface area (Å²) >= 11 is 0. The van der Waals surface area contributed by atoms with E-state index < -0.39 is 11.6 Å². The lowest BCUT2D eigenvalue weighted by Crippen LogP contribution is -2.34. The number of rotatable bonds is 5. The second-order valence-electron chi connectivity index (χ2n) is 15.1. The fourth-order valence-electron chi connectivity index (χ4n) is 7.08. The SMILES string of the molecule is Cc1c2c(c(CC(C)C)c3ccc(CC(C)(C)C)cc13)Oc1cc3cccc(CC(C)(C)C(F)(F)F)c3c3cc[n+](C)c-2c13. The van der Waals surface area contributed by atoms with Gasteiger partial charge in [-0.15, -0.1) is 0 Å². The van der Waals surface area contributed by atoms with E-state index in [4.69, 9.17) is 4.74 Å². The van der Waals surface area contributed by atoms with Crippen molar-refractivity contribution in [2.24, 2.45) is 23.8 Å². The Balaban J connectivity index is 1.69. The maximum atomic E-state index is 14.0. The molecule has 0 atom stereocenters. The van der Waals surface area contributed by atoms with E-state index in [-0.39, 0.29) is 11.8 Å². The molecule has 2 heterocycles. The molecule has 0 spiro atoms. The molecule has 44 heavy (non-hydrogen) atoms. The third kappa shape index (κ3) is 5.02. The monoisotopic (exact) mass is 598 g/mol. The van der Waals surface area contributed by atoms with E-state index in [1.54, 1.807) is 0 Å². The maximum absolute atomic E-state index is 14.0. The Bertz CT molecular complexity index is 1960. The minimum absolute atomic E-state index is 0.102.